The van der Waals surface area contributed by atoms with E-state index < -0.39 is 268 Å². The van der Waals surface area contributed by atoms with Crippen LogP contribution >= 0.6 is 23.2 Å². The molecule has 117 heavy (non-hydrogen) atoms. The topological polar surface area (TPSA) is 579 Å². The summed E-state index contributed by atoms with van der Waals surface area (Å²) >= 11 is 14.9. The molecule has 0 aromatic heterocycles. The summed E-state index contributed by atoms with van der Waals surface area (Å²) in [6.45, 7) is 7.99. The number of sulfonamides is 1. The minimum atomic E-state index is -3.68. The molecule has 0 spiro atoms. The number of likely N-dealkylation sites (N-methyl/N-ethyl adjacent to an activating group) is 1. The van der Waals surface area contributed by atoms with Crippen LogP contribution in [0.4, 0.5) is 0 Å². The Bertz CT molecular complexity index is 3710. The van der Waals surface area contributed by atoms with Gasteiger partial charge in [0.25, 0.3) is 0 Å². The molecular formula is C78H125Cl2N11O25S. The predicted octanol–water partition coefficient (Wildman–Crippen LogP) is -2.37. The van der Waals surface area contributed by atoms with Gasteiger partial charge in [0.2, 0.25) is 57.1 Å². The van der Waals surface area contributed by atoms with Gasteiger partial charge in [-0.15, -0.1) is 23.2 Å². The number of benzene rings is 1. The number of carboxylic acid groups (broad SMARTS) is 1. The lowest BCUT2D eigenvalue weighted by molar-refractivity contribution is -0.286. The summed E-state index contributed by atoms with van der Waals surface area (Å²) < 4.78 is 62.4. The van der Waals surface area contributed by atoms with Crippen LogP contribution < -0.4 is 72.9 Å². The molecule has 662 valence electrons. The van der Waals surface area contributed by atoms with Gasteiger partial charge in [-0.1, -0.05) is 52.9 Å². The number of fused-ring (bicyclic) bond motifs is 15. The molecule has 1 aromatic carbocycles. The van der Waals surface area contributed by atoms with Crippen LogP contribution in [-0.4, -0.2) is 284 Å². The fraction of sp³-hybridized carbons (Fsp3) is 0.821. The molecule has 6 aliphatic heterocycles. The number of carbonyl (C=O) groups is 8. The average Bonchev–Trinajstić information content (AvgIpc) is 0.757. The van der Waals surface area contributed by atoms with Crippen LogP contribution in [0, 0.1) is 53.3 Å². The summed E-state index contributed by atoms with van der Waals surface area (Å²) in [5.41, 5.74) is 10.9. The first kappa shape index (κ1) is 93.6. The Morgan fingerprint density at radius 2 is 1.33 bits per heavy atom. The van der Waals surface area contributed by atoms with Crippen molar-refractivity contribution in [2.75, 3.05) is 39.0 Å². The van der Waals surface area contributed by atoms with Crippen molar-refractivity contribution >= 4 is 80.5 Å². The molecule has 0 radical (unpaired) electrons. The van der Waals surface area contributed by atoms with Gasteiger partial charge >= 0.3 is 5.97 Å². The highest BCUT2D eigenvalue weighted by molar-refractivity contribution is 7.89. The Kier molecular flexibility index (Phi) is 32.8. The number of ether oxygens (including phenoxy) is 5. The molecule has 7 amide bonds. The second-order valence-corrected chi connectivity index (χ2v) is 37.8. The van der Waals surface area contributed by atoms with E-state index in [2.05, 4.69) is 54.2 Å². The molecule has 39 heteroatoms. The number of unbranched alkanes of at least 4 members (excludes halogenated alkanes) is 5. The van der Waals surface area contributed by atoms with Crippen LogP contribution in [0.3, 0.4) is 0 Å². The molecule has 12 rings (SSSR count). The number of amides is 7. The second kappa shape index (κ2) is 41.0. The van der Waals surface area contributed by atoms with E-state index in [9.17, 15) is 73.9 Å². The Hall–Kier alpha value is -5.69. The highest BCUT2D eigenvalue weighted by Crippen LogP contribution is 2.51. The van der Waals surface area contributed by atoms with Gasteiger partial charge in [0.05, 0.1) is 77.8 Å². The van der Waals surface area contributed by atoms with Crippen molar-refractivity contribution in [2.24, 2.45) is 64.7 Å². The fourth-order valence-corrected chi connectivity index (χ4v) is 21.1. The molecule has 32 atom stereocenters. The van der Waals surface area contributed by atoms with E-state index in [1.807, 2.05) is 13.8 Å². The maximum absolute atomic E-state index is 16.5. The van der Waals surface area contributed by atoms with Crippen molar-refractivity contribution in [2.45, 2.75) is 307 Å². The Labute approximate surface area is 691 Å². The van der Waals surface area contributed by atoms with E-state index in [0.717, 1.165) is 32.1 Å². The van der Waals surface area contributed by atoms with Crippen LogP contribution in [0.5, 0.6) is 17.2 Å². The summed E-state index contributed by atoms with van der Waals surface area (Å²) in [4.78, 5) is 120. The highest BCUT2D eigenvalue weighted by Gasteiger charge is 2.57. The first-order valence-corrected chi connectivity index (χ1v) is 44.2. The van der Waals surface area contributed by atoms with Gasteiger partial charge in [-0.25, -0.2) is 17.9 Å². The SMILES string of the molecule is CCCCCCCCS(=O)(=O)NCCNCC1C(O)CC2C(C3C[C@H](CC[C@H]3O)[C@H]3NC(=O)[C@@H]4NC(=O)[C@H](CC(N)=O)NC(=O)[C@H](NC(=O)[C@@H](CC(C)C)NC)[C@H](O)[C@H]5CC[C@@H](Oc6cc4cc(c6O[C@@H]4C[C@H](CO)[C@@H](O)[C@H](O)[C@H]4O[C@H]4C[C@](C)(N)[C@H](O)[C@H](C)O4)O[C@@H]4CC[C@@H](CC4Cl)[C@@H](O)[C@H](NC3=O)C(=O)N[C@@H]2C(=O)O)[C@H](Cl)C5)[C@H]1O. The third kappa shape index (κ3) is 22.8. The molecular weight excluding hydrogens is 1590 g/mol. The first-order chi connectivity index (χ1) is 55.3. The van der Waals surface area contributed by atoms with Gasteiger partial charge in [0.15, 0.2) is 17.8 Å². The largest absolute Gasteiger partial charge is 0.485 e. The van der Waals surface area contributed by atoms with E-state index in [1.165, 1.54) is 19.2 Å². The number of rotatable bonds is 26. The van der Waals surface area contributed by atoms with Gasteiger partial charge in [0.1, 0.15) is 66.8 Å². The summed E-state index contributed by atoms with van der Waals surface area (Å²) in [5.74, 6) is -20.2. The van der Waals surface area contributed by atoms with Gasteiger partial charge in [0, 0.05) is 50.0 Å². The third-order valence-corrected chi connectivity index (χ3v) is 28.1. The summed E-state index contributed by atoms with van der Waals surface area (Å²) in [5, 5.41) is 139. The van der Waals surface area contributed by atoms with Crippen LogP contribution in [0.1, 0.15) is 175 Å². The van der Waals surface area contributed by atoms with Gasteiger partial charge in [-0.05, 0) is 163 Å². The molecule has 7 fully saturated rings. The summed E-state index contributed by atoms with van der Waals surface area (Å²) in [6.07, 6.45) is -18.0. The lowest BCUT2D eigenvalue weighted by Gasteiger charge is -2.51. The zero-order valence-corrected chi connectivity index (χ0v) is 69.6. The number of carboxylic acids is 1. The monoisotopic (exact) mass is 1720 g/mol. The Balaban J connectivity index is 1.11. The fourth-order valence-electron chi connectivity index (χ4n) is 19.2. The number of primary amides is 1. The van der Waals surface area contributed by atoms with E-state index in [4.69, 9.17) is 58.4 Å². The minimum absolute atomic E-state index is 0.0177. The van der Waals surface area contributed by atoms with Gasteiger partial charge in [-0.3, -0.25) is 33.6 Å². The predicted molar refractivity (Wildman–Crippen MR) is 422 cm³/mol. The van der Waals surface area contributed by atoms with Crippen LogP contribution in [0.2, 0.25) is 0 Å². The molecule has 6 heterocycles. The number of nitrogens with one attached hydrogen (secondary N) is 9. The summed E-state index contributed by atoms with van der Waals surface area (Å²) in [6, 6.07) is -10.5. The maximum atomic E-state index is 16.5. The van der Waals surface area contributed by atoms with Crippen LogP contribution in [0.15, 0.2) is 12.1 Å². The van der Waals surface area contributed by atoms with E-state index in [0.29, 0.717) is 6.42 Å². The zero-order valence-electron chi connectivity index (χ0n) is 67.2. The molecule has 5 saturated carbocycles. The number of hydrogen-bond donors (Lipinski definition) is 21. The van der Waals surface area contributed by atoms with Gasteiger partial charge in [-0.2, -0.15) is 0 Å². The lowest BCUT2D eigenvalue weighted by atomic mass is 9.58. The smallest absolute Gasteiger partial charge is 0.326 e. The number of halogens is 2. The number of aliphatic hydroxyl groups is 9. The average molecular weight is 1720 g/mol. The quantitative estimate of drug-likeness (QED) is 0.0341. The van der Waals surface area contributed by atoms with Crippen molar-refractivity contribution in [1.82, 2.24) is 47.3 Å². The third-order valence-electron chi connectivity index (χ3n) is 25.7. The molecule has 2 saturated heterocycles. The molecule has 6 unspecified atom stereocenters. The van der Waals surface area contributed by atoms with Crippen LogP contribution in [-0.2, 0) is 57.9 Å². The Morgan fingerprint density at radius 1 is 0.709 bits per heavy atom. The molecule has 11 bridgehead atoms. The molecule has 23 N–H and O–H groups in total. The number of aliphatic carboxylic acids is 1. The molecule has 1 aromatic rings. The zero-order chi connectivity index (χ0) is 85.4. The van der Waals surface area contributed by atoms with Gasteiger partial charge < -0.3 is 129 Å². The standard InChI is InChI=1S/C78H125Cl2N11O25S/c1-7-8-9-10-11-12-21-117(110,111)85-20-19-84-32-43-49(94)29-42-57(66(43)99)41-23-36(13-16-48(41)93)58-73(104)91-62(76(107)89-60(42)77(108)109)64(97)38-15-18-51(45(80)25-38)114-53-27-39-26-52(68(53)115-54-28-40(33-92)65(98)67(100)69(54)116-56-31-78(5,82)70(101)35(4)112-56)113-50-17-14-37(24-44(50)79)63(96)61(90-71(102)46(83-6)22-34(2)3)75(106)86-47(30-55(81)95)72(103)87-59(39)74(105)88-58/h26-27,34-38,40-51,54,56-67,69-70,83-85,92-94,96-101H,7-25,28-33,82H2,1-6H3,(H2,81,95)(H,86,106)(H,87,103)(H,88,105)(H,89,107)(H,90,102)(H,91,104)(H,108,109)/t35-,36-,37-,38-,40+,41?,42?,43?,44+,45?,46+,47-,48+,49?,50+,51+,54+,56-,57?,58+,59+,60-,61+,62-,63+,64+,65+,66-,67-,69-,70+,78-/m0/s1. The molecule has 36 nitrogen and oxygen atoms in total. The van der Waals surface area contributed by atoms with Crippen molar-refractivity contribution in [3.8, 4) is 17.2 Å². The van der Waals surface area contributed by atoms with E-state index in [-0.39, 0.29) is 131 Å². The number of aliphatic hydroxyl groups excluding tert-OH is 9. The maximum Gasteiger partial charge on any atom is 0.326 e. The summed E-state index contributed by atoms with van der Waals surface area (Å²) in [7, 11) is -2.16. The number of nitrogens with two attached hydrogens (primary N) is 2. The van der Waals surface area contributed by atoms with Crippen LogP contribution in [0.25, 0.3) is 0 Å². The van der Waals surface area contributed by atoms with E-state index >= 15 is 24.0 Å². The minimum Gasteiger partial charge on any atom is -0.485 e. The Morgan fingerprint density at radius 3 is 1.94 bits per heavy atom. The van der Waals surface area contributed by atoms with Crippen molar-refractivity contribution in [3.05, 3.63) is 17.7 Å². The van der Waals surface area contributed by atoms with Crippen molar-refractivity contribution in [3.63, 3.8) is 0 Å². The highest BCUT2D eigenvalue weighted by atomic mass is 35.5. The first-order valence-electron chi connectivity index (χ1n) is 41.6. The number of alkyl halides is 2. The van der Waals surface area contributed by atoms with Crippen molar-refractivity contribution in [1.29, 1.82) is 0 Å². The second-order valence-electron chi connectivity index (χ2n) is 34.8. The van der Waals surface area contributed by atoms with E-state index in [1.54, 1.807) is 13.8 Å². The number of hydrogen-bond acceptors (Lipinski definition) is 27. The lowest BCUT2D eigenvalue weighted by Crippen LogP contribution is -2.66. The van der Waals surface area contributed by atoms with Crippen molar-refractivity contribution < 1.29 is 122 Å². The molecule has 11 aliphatic rings. The molecule has 5 aliphatic carbocycles. The normalized spacial score (nSPS) is 39.4. The number of carbonyl (C=O) groups excluding carboxylic acids is 7.